The van der Waals surface area contributed by atoms with Gasteiger partial charge in [-0.1, -0.05) is 44.2 Å². The molecular formula is C19H20N2O2S. The maximum absolute atomic E-state index is 12.9. The fourth-order valence-electron chi connectivity index (χ4n) is 2.75. The van der Waals surface area contributed by atoms with Crippen molar-refractivity contribution in [3.8, 4) is 0 Å². The van der Waals surface area contributed by atoms with Gasteiger partial charge in [0.15, 0.2) is 0 Å². The maximum Gasteiger partial charge on any atom is 0.264 e. The van der Waals surface area contributed by atoms with Crippen molar-refractivity contribution in [1.29, 1.82) is 0 Å². The Balaban J connectivity index is 2.10. The van der Waals surface area contributed by atoms with Crippen molar-refractivity contribution in [3.63, 3.8) is 0 Å². The molecule has 4 nitrogen and oxygen atoms in total. The van der Waals surface area contributed by atoms with Crippen LogP contribution in [0.3, 0.4) is 0 Å². The first-order valence-corrected chi connectivity index (χ1v) is 9.34. The second kappa shape index (κ2) is 6.24. The molecule has 0 aliphatic rings. The third-order valence-corrected chi connectivity index (χ3v) is 5.32. The molecule has 0 aliphatic heterocycles. The van der Waals surface area contributed by atoms with Gasteiger partial charge in [-0.05, 0) is 42.2 Å². The molecule has 1 aromatic heterocycles. The molecule has 0 spiro atoms. The van der Waals surface area contributed by atoms with Gasteiger partial charge in [-0.15, -0.1) is 0 Å². The lowest BCUT2D eigenvalue weighted by atomic mass is 10.0. The molecule has 124 valence electrons. The molecule has 0 amide bonds. The van der Waals surface area contributed by atoms with E-state index >= 15 is 0 Å². The number of anilines is 1. The summed E-state index contributed by atoms with van der Waals surface area (Å²) in [6.45, 7) is 6.01. The van der Waals surface area contributed by atoms with Crippen molar-refractivity contribution in [1.82, 2.24) is 4.98 Å². The monoisotopic (exact) mass is 340 g/mol. The molecule has 1 N–H and O–H groups in total. The Morgan fingerprint density at radius 3 is 2.54 bits per heavy atom. The Labute approximate surface area is 142 Å². The van der Waals surface area contributed by atoms with Gasteiger partial charge in [0.05, 0.1) is 11.2 Å². The van der Waals surface area contributed by atoms with Crippen LogP contribution in [0.25, 0.3) is 10.9 Å². The molecule has 0 saturated carbocycles. The van der Waals surface area contributed by atoms with Crippen LogP contribution in [0, 0.1) is 6.92 Å². The SMILES string of the molecule is Cc1cnc2c(S(=O)(=O)Nc3ccccc3C(C)C)cccc2c1. The average Bonchev–Trinajstić information content (AvgIpc) is 2.54. The molecule has 24 heavy (non-hydrogen) atoms. The summed E-state index contributed by atoms with van der Waals surface area (Å²) in [6.07, 6.45) is 1.68. The number of aromatic nitrogens is 1. The van der Waals surface area contributed by atoms with Crippen molar-refractivity contribution in [2.75, 3.05) is 4.72 Å². The number of nitrogens with zero attached hydrogens (tertiary/aromatic N) is 1. The van der Waals surface area contributed by atoms with Crippen LogP contribution in [0.4, 0.5) is 5.69 Å². The summed E-state index contributed by atoms with van der Waals surface area (Å²) in [5.74, 6) is 0.220. The molecule has 3 aromatic rings. The van der Waals surface area contributed by atoms with E-state index in [1.165, 1.54) is 0 Å². The van der Waals surface area contributed by atoms with E-state index in [4.69, 9.17) is 0 Å². The Bertz CT molecular complexity index is 995. The van der Waals surface area contributed by atoms with E-state index in [0.29, 0.717) is 11.2 Å². The second-order valence-electron chi connectivity index (χ2n) is 6.19. The highest BCUT2D eigenvalue weighted by molar-refractivity contribution is 7.93. The number of fused-ring (bicyclic) bond motifs is 1. The summed E-state index contributed by atoms with van der Waals surface area (Å²) in [4.78, 5) is 4.52. The minimum absolute atomic E-state index is 0.193. The van der Waals surface area contributed by atoms with Crippen LogP contribution in [0.2, 0.25) is 0 Å². The number of hydrogen-bond acceptors (Lipinski definition) is 3. The van der Waals surface area contributed by atoms with Crippen LogP contribution in [-0.4, -0.2) is 13.4 Å². The minimum Gasteiger partial charge on any atom is -0.279 e. The number of nitrogens with one attached hydrogen (secondary N) is 1. The molecule has 0 saturated heterocycles. The fourth-order valence-corrected chi connectivity index (χ4v) is 4.02. The zero-order valence-electron chi connectivity index (χ0n) is 13.9. The first-order chi connectivity index (χ1) is 11.4. The van der Waals surface area contributed by atoms with E-state index in [1.807, 2.05) is 51.1 Å². The lowest BCUT2D eigenvalue weighted by Crippen LogP contribution is -2.15. The Hall–Kier alpha value is -2.40. The van der Waals surface area contributed by atoms with E-state index in [0.717, 1.165) is 16.5 Å². The number of pyridine rings is 1. The van der Waals surface area contributed by atoms with Crippen molar-refractivity contribution < 1.29 is 8.42 Å². The van der Waals surface area contributed by atoms with Gasteiger partial charge < -0.3 is 0 Å². The van der Waals surface area contributed by atoms with Gasteiger partial charge in [0.1, 0.15) is 4.90 Å². The van der Waals surface area contributed by atoms with Crippen molar-refractivity contribution in [2.24, 2.45) is 0 Å². The predicted octanol–water partition coefficient (Wildman–Crippen LogP) is 4.47. The highest BCUT2D eigenvalue weighted by Gasteiger charge is 2.20. The van der Waals surface area contributed by atoms with Crippen molar-refractivity contribution >= 4 is 26.6 Å². The van der Waals surface area contributed by atoms with Gasteiger partial charge in [0.2, 0.25) is 0 Å². The Morgan fingerprint density at radius 2 is 1.79 bits per heavy atom. The van der Waals surface area contributed by atoms with E-state index < -0.39 is 10.0 Å². The van der Waals surface area contributed by atoms with E-state index in [2.05, 4.69) is 9.71 Å². The molecule has 1 heterocycles. The highest BCUT2D eigenvalue weighted by atomic mass is 32.2. The smallest absolute Gasteiger partial charge is 0.264 e. The highest BCUT2D eigenvalue weighted by Crippen LogP contribution is 2.28. The van der Waals surface area contributed by atoms with Crippen molar-refractivity contribution in [2.45, 2.75) is 31.6 Å². The van der Waals surface area contributed by atoms with Crippen LogP contribution in [0.15, 0.2) is 59.6 Å². The van der Waals surface area contributed by atoms with Gasteiger partial charge in [-0.3, -0.25) is 9.71 Å². The largest absolute Gasteiger partial charge is 0.279 e. The summed E-state index contributed by atoms with van der Waals surface area (Å²) in [5.41, 5.74) is 3.05. The lowest BCUT2D eigenvalue weighted by Gasteiger charge is -2.15. The van der Waals surface area contributed by atoms with Crippen LogP contribution in [0.5, 0.6) is 0 Å². The summed E-state index contributed by atoms with van der Waals surface area (Å²) in [5, 5.41) is 0.815. The van der Waals surface area contributed by atoms with Gasteiger partial charge in [-0.25, -0.2) is 8.42 Å². The van der Waals surface area contributed by atoms with Gasteiger partial charge in [0.25, 0.3) is 10.0 Å². The topological polar surface area (TPSA) is 59.1 Å². The van der Waals surface area contributed by atoms with Crippen molar-refractivity contribution in [3.05, 3.63) is 65.9 Å². The minimum atomic E-state index is -3.72. The third-order valence-electron chi connectivity index (χ3n) is 3.93. The molecular weight excluding hydrogens is 320 g/mol. The maximum atomic E-state index is 12.9. The first-order valence-electron chi connectivity index (χ1n) is 7.85. The summed E-state index contributed by atoms with van der Waals surface area (Å²) < 4.78 is 28.6. The fraction of sp³-hybridized carbons (Fsp3) is 0.211. The summed E-state index contributed by atoms with van der Waals surface area (Å²) >= 11 is 0. The standard InChI is InChI=1S/C19H20N2O2S/c1-13(2)16-8-4-5-9-17(16)21-24(22,23)18-10-6-7-15-11-14(3)12-20-19(15)18/h4-13,21H,1-3H3. The van der Waals surface area contributed by atoms with E-state index in [9.17, 15) is 8.42 Å². The van der Waals surface area contributed by atoms with E-state index in [1.54, 1.807) is 24.4 Å². The number of para-hydroxylation sites is 2. The third kappa shape index (κ3) is 3.12. The lowest BCUT2D eigenvalue weighted by molar-refractivity contribution is 0.602. The molecule has 0 unspecified atom stereocenters. The molecule has 3 rings (SSSR count). The number of benzene rings is 2. The summed E-state index contributed by atoms with van der Waals surface area (Å²) in [7, 11) is -3.72. The normalized spacial score (nSPS) is 11.8. The van der Waals surface area contributed by atoms with Crippen LogP contribution >= 0.6 is 0 Å². The first kappa shape index (κ1) is 16.5. The molecule has 5 heteroatoms. The predicted molar refractivity (Wildman–Crippen MR) is 97.8 cm³/mol. The number of rotatable bonds is 4. The Morgan fingerprint density at radius 1 is 1.04 bits per heavy atom. The molecule has 0 aliphatic carbocycles. The van der Waals surface area contributed by atoms with E-state index in [-0.39, 0.29) is 10.8 Å². The molecule has 0 atom stereocenters. The Kier molecular flexibility index (Phi) is 4.28. The van der Waals surface area contributed by atoms with Gasteiger partial charge in [0, 0.05) is 11.6 Å². The number of aryl methyl sites for hydroxylation is 1. The quantitative estimate of drug-likeness (QED) is 0.762. The second-order valence-corrected chi connectivity index (χ2v) is 7.84. The molecule has 0 bridgehead atoms. The van der Waals surface area contributed by atoms with Crippen LogP contribution < -0.4 is 4.72 Å². The van der Waals surface area contributed by atoms with Crippen LogP contribution in [-0.2, 0) is 10.0 Å². The molecule has 2 aromatic carbocycles. The zero-order valence-corrected chi connectivity index (χ0v) is 14.8. The molecule has 0 radical (unpaired) electrons. The van der Waals surface area contributed by atoms with Gasteiger partial charge >= 0.3 is 0 Å². The van der Waals surface area contributed by atoms with Gasteiger partial charge in [-0.2, -0.15) is 0 Å². The summed E-state index contributed by atoms with van der Waals surface area (Å²) in [6, 6.07) is 14.6. The number of hydrogen-bond donors (Lipinski definition) is 1. The zero-order chi connectivity index (χ0) is 17.3. The average molecular weight is 340 g/mol. The number of sulfonamides is 1. The van der Waals surface area contributed by atoms with Crippen LogP contribution in [0.1, 0.15) is 30.9 Å². The molecule has 0 fully saturated rings.